The Bertz CT molecular complexity index is 615. The second kappa shape index (κ2) is 6.14. The molecule has 1 aromatic carbocycles. The highest BCUT2D eigenvalue weighted by molar-refractivity contribution is 5.41. The monoisotopic (exact) mass is 284 g/mol. The summed E-state index contributed by atoms with van der Waals surface area (Å²) in [6.07, 6.45) is 2.77. The Morgan fingerprint density at radius 2 is 2.14 bits per heavy atom. The maximum absolute atomic E-state index is 5.76. The zero-order valence-electron chi connectivity index (χ0n) is 12.4. The number of benzene rings is 1. The van der Waals surface area contributed by atoms with Gasteiger partial charge in [-0.2, -0.15) is 0 Å². The molecule has 1 aliphatic heterocycles. The predicted octanol–water partition coefficient (Wildman–Crippen LogP) is 2.92. The van der Waals surface area contributed by atoms with Gasteiger partial charge in [0.05, 0.1) is 25.5 Å². The summed E-state index contributed by atoms with van der Waals surface area (Å²) in [5.41, 5.74) is 2.18. The number of nitrogens with zero attached hydrogens (tertiary/aromatic N) is 1. The molecule has 4 nitrogen and oxygen atoms in total. The largest absolute Gasteiger partial charge is 0.495 e. The molecule has 2 unspecified atom stereocenters. The minimum atomic E-state index is 0.103. The standard InChI is InChI=1S/C17H20N2O2/c1-18-16(17-15(20-2)8-5-10-19-17)13-9-11-21-14-7-4-3-6-12(13)14/h3-8,10,13,16,18H,9,11H2,1-2H3. The number of hydrogen-bond acceptors (Lipinski definition) is 4. The van der Waals surface area contributed by atoms with E-state index in [9.17, 15) is 0 Å². The van der Waals surface area contributed by atoms with E-state index in [2.05, 4.69) is 22.4 Å². The molecule has 0 saturated heterocycles. The highest BCUT2D eigenvalue weighted by Crippen LogP contribution is 2.42. The van der Waals surface area contributed by atoms with E-state index in [1.165, 1.54) is 5.56 Å². The third-order valence-electron chi connectivity index (χ3n) is 4.03. The van der Waals surface area contributed by atoms with Crippen LogP contribution in [0.5, 0.6) is 11.5 Å². The van der Waals surface area contributed by atoms with Gasteiger partial charge in [-0.1, -0.05) is 18.2 Å². The predicted molar refractivity (Wildman–Crippen MR) is 81.9 cm³/mol. The zero-order chi connectivity index (χ0) is 14.7. The summed E-state index contributed by atoms with van der Waals surface area (Å²) in [6, 6.07) is 12.2. The van der Waals surface area contributed by atoms with Crippen LogP contribution in [-0.4, -0.2) is 25.7 Å². The van der Waals surface area contributed by atoms with Crippen molar-refractivity contribution in [2.45, 2.75) is 18.4 Å². The third kappa shape index (κ3) is 2.59. The Kier molecular flexibility index (Phi) is 4.06. The molecular weight excluding hydrogens is 264 g/mol. The topological polar surface area (TPSA) is 43.4 Å². The van der Waals surface area contributed by atoms with Crippen LogP contribution in [0.15, 0.2) is 42.6 Å². The zero-order valence-corrected chi connectivity index (χ0v) is 12.4. The van der Waals surface area contributed by atoms with Gasteiger partial charge >= 0.3 is 0 Å². The van der Waals surface area contributed by atoms with Gasteiger partial charge in [-0.15, -0.1) is 0 Å². The van der Waals surface area contributed by atoms with Crippen molar-refractivity contribution in [3.05, 3.63) is 53.9 Å². The molecular formula is C17H20N2O2. The molecule has 4 heteroatoms. The van der Waals surface area contributed by atoms with Gasteiger partial charge in [0.1, 0.15) is 11.5 Å². The first-order valence-electron chi connectivity index (χ1n) is 7.23. The van der Waals surface area contributed by atoms with Gasteiger partial charge in [-0.25, -0.2) is 0 Å². The van der Waals surface area contributed by atoms with Crippen molar-refractivity contribution < 1.29 is 9.47 Å². The van der Waals surface area contributed by atoms with Crippen LogP contribution < -0.4 is 14.8 Å². The van der Waals surface area contributed by atoms with Crippen LogP contribution in [0.1, 0.15) is 29.6 Å². The van der Waals surface area contributed by atoms with Gasteiger partial charge in [0, 0.05) is 12.1 Å². The minimum Gasteiger partial charge on any atom is -0.495 e. The first-order valence-corrected chi connectivity index (χ1v) is 7.23. The molecule has 0 fully saturated rings. The van der Waals surface area contributed by atoms with Gasteiger partial charge < -0.3 is 14.8 Å². The number of aromatic nitrogens is 1. The molecule has 1 aliphatic rings. The number of rotatable bonds is 4. The second-order valence-electron chi connectivity index (χ2n) is 5.14. The number of pyridine rings is 1. The lowest BCUT2D eigenvalue weighted by Gasteiger charge is -2.32. The number of ether oxygens (including phenoxy) is 2. The molecule has 2 heterocycles. The third-order valence-corrected chi connectivity index (χ3v) is 4.03. The van der Waals surface area contributed by atoms with E-state index in [0.717, 1.165) is 30.2 Å². The summed E-state index contributed by atoms with van der Waals surface area (Å²) >= 11 is 0. The number of likely N-dealkylation sites (N-methyl/N-ethyl adjacent to an activating group) is 1. The molecule has 0 bridgehead atoms. The van der Waals surface area contributed by atoms with Crippen molar-refractivity contribution in [2.75, 3.05) is 20.8 Å². The molecule has 2 atom stereocenters. The number of hydrogen-bond donors (Lipinski definition) is 1. The maximum Gasteiger partial charge on any atom is 0.142 e. The van der Waals surface area contributed by atoms with Crippen molar-refractivity contribution in [3.63, 3.8) is 0 Å². The van der Waals surface area contributed by atoms with Crippen LogP contribution in [0.25, 0.3) is 0 Å². The molecule has 0 aliphatic carbocycles. The van der Waals surface area contributed by atoms with Crippen LogP contribution >= 0.6 is 0 Å². The molecule has 0 spiro atoms. The van der Waals surface area contributed by atoms with Crippen molar-refractivity contribution >= 4 is 0 Å². The van der Waals surface area contributed by atoms with Gasteiger partial charge in [-0.3, -0.25) is 4.98 Å². The van der Waals surface area contributed by atoms with Gasteiger partial charge in [-0.05, 0) is 37.2 Å². The highest BCUT2D eigenvalue weighted by Gasteiger charge is 2.31. The first-order chi connectivity index (χ1) is 10.3. The molecule has 21 heavy (non-hydrogen) atoms. The Hall–Kier alpha value is -2.07. The van der Waals surface area contributed by atoms with E-state index in [0.29, 0.717) is 5.92 Å². The van der Waals surface area contributed by atoms with Crippen molar-refractivity contribution in [1.82, 2.24) is 10.3 Å². The van der Waals surface area contributed by atoms with Crippen molar-refractivity contribution in [3.8, 4) is 11.5 Å². The lowest BCUT2D eigenvalue weighted by molar-refractivity contribution is 0.245. The number of nitrogens with one attached hydrogen (secondary N) is 1. The first kappa shape index (κ1) is 13.9. The molecule has 3 rings (SSSR count). The lowest BCUT2D eigenvalue weighted by Crippen LogP contribution is -2.29. The maximum atomic E-state index is 5.76. The van der Waals surface area contributed by atoms with Gasteiger partial charge in [0.2, 0.25) is 0 Å². The summed E-state index contributed by atoms with van der Waals surface area (Å²) in [6.45, 7) is 0.731. The molecule has 0 saturated carbocycles. The average molecular weight is 284 g/mol. The molecule has 1 N–H and O–H groups in total. The molecule has 0 amide bonds. The highest BCUT2D eigenvalue weighted by atomic mass is 16.5. The number of methoxy groups -OCH3 is 1. The summed E-state index contributed by atoms with van der Waals surface area (Å²) in [4.78, 5) is 4.54. The number of fused-ring (bicyclic) bond motifs is 1. The van der Waals surface area contributed by atoms with E-state index in [1.54, 1.807) is 7.11 Å². The molecule has 2 aromatic rings. The molecule has 0 radical (unpaired) electrons. The quantitative estimate of drug-likeness (QED) is 0.937. The summed E-state index contributed by atoms with van der Waals surface area (Å²) in [5.74, 6) is 2.12. The van der Waals surface area contributed by atoms with Crippen LogP contribution in [0.2, 0.25) is 0 Å². The van der Waals surface area contributed by atoms with E-state index in [-0.39, 0.29) is 6.04 Å². The average Bonchev–Trinajstić information content (AvgIpc) is 2.56. The van der Waals surface area contributed by atoms with Crippen molar-refractivity contribution in [1.29, 1.82) is 0 Å². The lowest BCUT2D eigenvalue weighted by atomic mass is 9.84. The second-order valence-corrected chi connectivity index (χ2v) is 5.14. The van der Waals surface area contributed by atoms with E-state index >= 15 is 0 Å². The normalized spacial score (nSPS) is 18.5. The fourth-order valence-corrected chi connectivity index (χ4v) is 3.05. The van der Waals surface area contributed by atoms with E-state index < -0.39 is 0 Å². The van der Waals surface area contributed by atoms with Crippen LogP contribution in [0.3, 0.4) is 0 Å². The summed E-state index contributed by atoms with van der Waals surface area (Å²) < 4.78 is 11.2. The molecule has 1 aromatic heterocycles. The fourth-order valence-electron chi connectivity index (χ4n) is 3.05. The Balaban J connectivity index is 2.01. The van der Waals surface area contributed by atoms with Crippen LogP contribution in [0, 0.1) is 0 Å². The summed E-state index contributed by atoms with van der Waals surface area (Å²) in [5, 5.41) is 3.41. The SMILES string of the molecule is CNC(c1ncccc1OC)C1CCOc2ccccc21. The Morgan fingerprint density at radius 3 is 2.95 bits per heavy atom. The Morgan fingerprint density at radius 1 is 1.29 bits per heavy atom. The van der Waals surface area contributed by atoms with Crippen LogP contribution in [0.4, 0.5) is 0 Å². The van der Waals surface area contributed by atoms with Crippen molar-refractivity contribution in [2.24, 2.45) is 0 Å². The fraction of sp³-hybridized carbons (Fsp3) is 0.353. The molecule has 110 valence electrons. The van der Waals surface area contributed by atoms with Crippen LogP contribution in [-0.2, 0) is 0 Å². The number of para-hydroxylation sites is 1. The van der Waals surface area contributed by atoms with E-state index in [4.69, 9.17) is 9.47 Å². The Labute approximate surface area is 125 Å². The van der Waals surface area contributed by atoms with Gasteiger partial charge in [0.15, 0.2) is 0 Å². The van der Waals surface area contributed by atoms with Gasteiger partial charge in [0.25, 0.3) is 0 Å². The minimum absolute atomic E-state index is 0.103. The van der Waals surface area contributed by atoms with E-state index in [1.807, 2.05) is 37.5 Å². The summed E-state index contributed by atoms with van der Waals surface area (Å²) in [7, 11) is 3.65. The smallest absolute Gasteiger partial charge is 0.142 e.